The Kier molecular flexibility index (Phi) is 5.60. The maximum atomic E-state index is 14.5. The van der Waals surface area contributed by atoms with Crippen molar-refractivity contribution in [2.45, 2.75) is 6.10 Å². The molecule has 7 nitrogen and oxygen atoms in total. The number of hydrogen-bond donors (Lipinski definition) is 2. The molecule has 2 fully saturated rings. The van der Waals surface area contributed by atoms with Crippen LogP contribution in [0.25, 0.3) is 0 Å². The Morgan fingerprint density at radius 3 is 2.84 bits per heavy atom. The number of rotatable bonds is 5. The Bertz CT molecular complexity index is 654. The van der Waals surface area contributed by atoms with Crippen LogP contribution in [-0.4, -0.2) is 63.3 Å². The van der Waals surface area contributed by atoms with Gasteiger partial charge in [-0.15, -0.1) is 11.6 Å². The summed E-state index contributed by atoms with van der Waals surface area (Å²) in [6.45, 7) is 3.53. The molecule has 9 heteroatoms. The highest BCUT2D eigenvalue weighted by Gasteiger charge is 2.33. The van der Waals surface area contributed by atoms with Gasteiger partial charge in [-0.05, 0) is 18.2 Å². The van der Waals surface area contributed by atoms with E-state index >= 15 is 0 Å². The molecule has 25 heavy (non-hydrogen) atoms. The highest BCUT2D eigenvalue weighted by molar-refractivity contribution is 6.27. The highest BCUT2D eigenvalue weighted by atomic mass is 35.5. The molecule has 1 atom stereocenters. The molecule has 0 aromatic heterocycles. The van der Waals surface area contributed by atoms with Crippen LogP contribution in [0.15, 0.2) is 18.2 Å². The summed E-state index contributed by atoms with van der Waals surface area (Å²) in [5.74, 6) is -0.850. The monoisotopic (exact) mass is 370 g/mol. The van der Waals surface area contributed by atoms with E-state index in [4.69, 9.17) is 16.3 Å². The molecule has 0 bridgehead atoms. The third kappa shape index (κ3) is 4.13. The first kappa shape index (κ1) is 17.8. The minimum Gasteiger partial charge on any atom is -0.442 e. The minimum absolute atomic E-state index is 0.150. The van der Waals surface area contributed by atoms with Crippen LogP contribution in [0.5, 0.6) is 0 Å². The van der Waals surface area contributed by atoms with Gasteiger partial charge in [0.1, 0.15) is 17.8 Å². The summed E-state index contributed by atoms with van der Waals surface area (Å²) in [7, 11) is 0. The van der Waals surface area contributed by atoms with E-state index in [-0.39, 0.29) is 30.7 Å². The number of carbonyl (C=O) groups is 2. The van der Waals surface area contributed by atoms with E-state index in [0.29, 0.717) is 11.4 Å². The van der Waals surface area contributed by atoms with E-state index in [0.717, 1.165) is 26.2 Å². The van der Waals surface area contributed by atoms with E-state index in [2.05, 4.69) is 10.6 Å². The Labute approximate surface area is 150 Å². The smallest absolute Gasteiger partial charge is 0.414 e. The fourth-order valence-corrected chi connectivity index (χ4v) is 3.03. The lowest BCUT2D eigenvalue weighted by atomic mass is 10.2. The van der Waals surface area contributed by atoms with Gasteiger partial charge in [0.2, 0.25) is 5.91 Å². The summed E-state index contributed by atoms with van der Waals surface area (Å²) in [6, 6.07) is 4.74. The maximum Gasteiger partial charge on any atom is 0.414 e. The van der Waals surface area contributed by atoms with E-state index in [1.54, 1.807) is 12.1 Å². The number of carbonyl (C=O) groups excluding carboxylic acids is 2. The first-order valence-corrected chi connectivity index (χ1v) is 8.68. The summed E-state index contributed by atoms with van der Waals surface area (Å²) in [4.78, 5) is 26.5. The van der Waals surface area contributed by atoms with Gasteiger partial charge in [-0.2, -0.15) is 0 Å². The number of ether oxygens (including phenoxy) is 1. The number of amides is 2. The molecular weight excluding hydrogens is 351 g/mol. The van der Waals surface area contributed by atoms with Crippen LogP contribution in [0.2, 0.25) is 0 Å². The van der Waals surface area contributed by atoms with Gasteiger partial charge < -0.3 is 20.3 Å². The van der Waals surface area contributed by atoms with Gasteiger partial charge in [0.25, 0.3) is 0 Å². The van der Waals surface area contributed by atoms with Gasteiger partial charge in [0.05, 0.1) is 24.5 Å². The standard InChI is InChI=1S/C16H20ClFN4O3/c17-8-15(23)20-9-12-10-22(16(24)25-12)11-1-2-14(13(18)7-11)21-5-3-19-4-6-21/h1-2,7,12,19H,3-6,8-10H2,(H,20,23). The first-order chi connectivity index (χ1) is 12.1. The van der Waals surface area contributed by atoms with Crippen molar-refractivity contribution < 1.29 is 18.7 Å². The van der Waals surface area contributed by atoms with Gasteiger partial charge in [0.15, 0.2) is 0 Å². The molecule has 1 aromatic carbocycles. The SMILES string of the molecule is O=C(CCl)NCC1CN(c2ccc(N3CCNCC3)c(F)c2)C(=O)O1. The number of alkyl halides is 1. The number of anilines is 2. The third-order valence-electron chi connectivity index (χ3n) is 4.22. The van der Waals surface area contributed by atoms with Crippen molar-refractivity contribution in [3.63, 3.8) is 0 Å². The van der Waals surface area contributed by atoms with Crippen molar-refractivity contribution in [1.82, 2.24) is 10.6 Å². The molecule has 0 spiro atoms. The van der Waals surface area contributed by atoms with Crippen LogP contribution in [0.3, 0.4) is 0 Å². The van der Waals surface area contributed by atoms with Crippen LogP contribution >= 0.6 is 11.6 Å². The number of nitrogens with one attached hydrogen (secondary N) is 2. The molecule has 0 radical (unpaired) electrons. The number of benzene rings is 1. The minimum atomic E-state index is -0.556. The van der Waals surface area contributed by atoms with Crippen molar-refractivity contribution in [3.8, 4) is 0 Å². The molecule has 0 aliphatic carbocycles. The second-order valence-corrected chi connectivity index (χ2v) is 6.19. The van der Waals surface area contributed by atoms with Crippen LogP contribution in [0.4, 0.5) is 20.6 Å². The normalized spacial score (nSPS) is 20.6. The maximum absolute atomic E-state index is 14.5. The zero-order chi connectivity index (χ0) is 17.8. The van der Waals surface area contributed by atoms with Gasteiger partial charge >= 0.3 is 6.09 Å². The topological polar surface area (TPSA) is 73.9 Å². The molecule has 2 heterocycles. The zero-order valence-electron chi connectivity index (χ0n) is 13.6. The summed E-state index contributed by atoms with van der Waals surface area (Å²) in [5.41, 5.74) is 0.969. The van der Waals surface area contributed by atoms with Crippen molar-refractivity contribution in [1.29, 1.82) is 0 Å². The molecule has 2 aliphatic rings. The fourth-order valence-electron chi connectivity index (χ4n) is 2.94. The molecular formula is C16H20ClFN4O3. The third-order valence-corrected chi connectivity index (χ3v) is 4.47. The first-order valence-electron chi connectivity index (χ1n) is 8.14. The summed E-state index contributed by atoms with van der Waals surface area (Å²) in [6.07, 6.45) is -1.05. The molecule has 3 rings (SSSR count). The summed E-state index contributed by atoms with van der Waals surface area (Å²) >= 11 is 5.41. The predicted octanol–water partition coefficient (Wildman–Crippen LogP) is 0.915. The van der Waals surface area contributed by atoms with Crippen LogP contribution in [0, 0.1) is 5.82 Å². The summed E-state index contributed by atoms with van der Waals surface area (Å²) in [5, 5.41) is 5.79. The summed E-state index contributed by atoms with van der Waals surface area (Å²) < 4.78 is 19.7. The fraction of sp³-hybridized carbons (Fsp3) is 0.500. The van der Waals surface area contributed by atoms with Gasteiger partial charge in [-0.25, -0.2) is 9.18 Å². The quantitative estimate of drug-likeness (QED) is 0.754. The largest absolute Gasteiger partial charge is 0.442 e. The lowest BCUT2D eigenvalue weighted by molar-refractivity contribution is -0.119. The Balaban J connectivity index is 1.66. The second kappa shape index (κ2) is 7.88. The molecule has 2 N–H and O–H groups in total. The van der Waals surface area contributed by atoms with Gasteiger partial charge in [-0.3, -0.25) is 9.69 Å². The Hall–Kier alpha value is -2.06. The molecule has 136 valence electrons. The van der Waals surface area contributed by atoms with Crippen molar-refractivity contribution >= 4 is 35.0 Å². The second-order valence-electron chi connectivity index (χ2n) is 5.93. The molecule has 2 amide bonds. The molecule has 0 saturated carbocycles. The number of piperazine rings is 1. The van der Waals surface area contributed by atoms with E-state index in [1.807, 2.05) is 4.90 Å². The molecule has 1 aromatic rings. The zero-order valence-corrected chi connectivity index (χ0v) is 14.4. The van der Waals surface area contributed by atoms with Gasteiger partial charge in [0, 0.05) is 26.2 Å². The van der Waals surface area contributed by atoms with E-state index in [1.165, 1.54) is 11.0 Å². The number of cyclic esters (lactones) is 1. The number of hydrogen-bond acceptors (Lipinski definition) is 5. The van der Waals surface area contributed by atoms with E-state index < -0.39 is 12.2 Å². The van der Waals surface area contributed by atoms with E-state index in [9.17, 15) is 14.0 Å². The van der Waals surface area contributed by atoms with Crippen molar-refractivity contribution in [2.75, 3.05) is 54.9 Å². The Morgan fingerprint density at radius 2 is 2.16 bits per heavy atom. The lowest BCUT2D eigenvalue weighted by Crippen LogP contribution is -2.43. The number of halogens is 2. The highest BCUT2D eigenvalue weighted by Crippen LogP contribution is 2.28. The van der Waals surface area contributed by atoms with Crippen LogP contribution in [-0.2, 0) is 9.53 Å². The Morgan fingerprint density at radius 1 is 1.40 bits per heavy atom. The van der Waals surface area contributed by atoms with Gasteiger partial charge in [-0.1, -0.05) is 0 Å². The predicted molar refractivity (Wildman–Crippen MR) is 92.8 cm³/mol. The molecule has 1 unspecified atom stereocenters. The lowest BCUT2D eigenvalue weighted by Gasteiger charge is -2.30. The molecule has 2 aliphatic heterocycles. The van der Waals surface area contributed by atoms with Crippen molar-refractivity contribution in [3.05, 3.63) is 24.0 Å². The van der Waals surface area contributed by atoms with Crippen LogP contribution < -0.4 is 20.4 Å². The average molecular weight is 371 g/mol. The average Bonchev–Trinajstić information content (AvgIpc) is 3.01. The van der Waals surface area contributed by atoms with Crippen LogP contribution in [0.1, 0.15) is 0 Å². The molecule has 2 saturated heterocycles. The van der Waals surface area contributed by atoms with Crippen molar-refractivity contribution in [2.24, 2.45) is 0 Å². The number of nitrogens with zero attached hydrogens (tertiary/aromatic N) is 2.